The normalized spacial score (nSPS) is 15.6. The van der Waals surface area contributed by atoms with Gasteiger partial charge in [-0.1, -0.05) is 11.6 Å². The number of esters is 1. The minimum atomic E-state index is -0.599. The Labute approximate surface area is 173 Å². The zero-order valence-electron chi connectivity index (χ0n) is 16.0. The van der Waals surface area contributed by atoms with E-state index in [2.05, 4.69) is 5.32 Å². The summed E-state index contributed by atoms with van der Waals surface area (Å²) in [6.45, 7) is 0.844. The Morgan fingerprint density at radius 1 is 1.21 bits per heavy atom. The molecule has 0 saturated carbocycles. The second-order valence-corrected chi connectivity index (χ2v) is 6.85. The van der Waals surface area contributed by atoms with E-state index in [0.717, 1.165) is 19.4 Å². The minimum absolute atomic E-state index is 0.124. The molecule has 1 aliphatic heterocycles. The van der Waals surface area contributed by atoms with Gasteiger partial charge in [0, 0.05) is 12.3 Å². The molecule has 1 amide bonds. The molecule has 0 aromatic heterocycles. The fourth-order valence-electron chi connectivity index (χ4n) is 2.81. The van der Waals surface area contributed by atoms with Crippen molar-refractivity contribution >= 4 is 29.2 Å². The molecule has 1 fully saturated rings. The SMILES string of the molecule is COc1ccc(NC(=O)COC(=O)c2ccc(OC[C@H]3CCCO3)cc2)cc1Cl. The van der Waals surface area contributed by atoms with Gasteiger partial charge in [-0.25, -0.2) is 4.79 Å². The monoisotopic (exact) mass is 419 g/mol. The Morgan fingerprint density at radius 3 is 2.66 bits per heavy atom. The third-order valence-corrected chi connectivity index (χ3v) is 4.62. The lowest BCUT2D eigenvalue weighted by molar-refractivity contribution is -0.119. The standard InChI is InChI=1S/C21H22ClNO6/c1-26-19-9-6-15(11-18(19)22)23-20(24)13-29-21(25)14-4-7-16(8-5-14)28-12-17-3-2-10-27-17/h4-9,11,17H,2-3,10,12-13H2,1H3,(H,23,24)/t17-/m1/s1. The molecule has 1 aliphatic rings. The first-order chi connectivity index (χ1) is 14.0. The van der Waals surface area contributed by atoms with Crippen molar-refractivity contribution < 1.29 is 28.5 Å². The van der Waals surface area contributed by atoms with E-state index in [0.29, 0.717) is 34.4 Å². The fraction of sp³-hybridized carbons (Fsp3) is 0.333. The van der Waals surface area contributed by atoms with Crippen molar-refractivity contribution in [2.24, 2.45) is 0 Å². The number of ether oxygens (including phenoxy) is 4. The third kappa shape index (κ3) is 6.10. The van der Waals surface area contributed by atoms with E-state index in [1.807, 2.05) is 0 Å². The van der Waals surface area contributed by atoms with Crippen LogP contribution in [0.1, 0.15) is 23.2 Å². The van der Waals surface area contributed by atoms with Crippen LogP contribution in [-0.2, 0) is 14.3 Å². The van der Waals surface area contributed by atoms with Crippen molar-refractivity contribution in [2.75, 3.05) is 32.2 Å². The summed E-state index contributed by atoms with van der Waals surface area (Å²) in [5, 5.41) is 2.97. The number of anilines is 1. The van der Waals surface area contributed by atoms with Crippen LogP contribution in [0.25, 0.3) is 0 Å². The molecule has 8 heteroatoms. The molecule has 0 spiro atoms. The van der Waals surface area contributed by atoms with E-state index in [4.69, 9.17) is 30.5 Å². The van der Waals surface area contributed by atoms with Crippen LogP contribution in [0.15, 0.2) is 42.5 Å². The number of methoxy groups -OCH3 is 1. The van der Waals surface area contributed by atoms with Gasteiger partial charge in [-0.15, -0.1) is 0 Å². The molecule has 0 radical (unpaired) electrons. The Balaban J connectivity index is 1.44. The molecule has 154 valence electrons. The largest absolute Gasteiger partial charge is 0.495 e. The lowest BCUT2D eigenvalue weighted by Gasteiger charge is -2.11. The quantitative estimate of drug-likeness (QED) is 0.657. The van der Waals surface area contributed by atoms with Crippen LogP contribution in [0.2, 0.25) is 5.02 Å². The van der Waals surface area contributed by atoms with Crippen molar-refractivity contribution in [3.05, 3.63) is 53.1 Å². The molecule has 1 N–H and O–H groups in total. The van der Waals surface area contributed by atoms with Crippen molar-refractivity contribution in [3.63, 3.8) is 0 Å². The van der Waals surface area contributed by atoms with Gasteiger partial charge in [0.25, 0.3) is 5.91 Å². The maximum Gasteiger partial charge on any atom is 0.338 e. The first-order valence-corrected chi connectivity index (χ1v) is 9.58. The van der Waals surface area contributed by atoms with Crippen LogP contribution in [0.3, 0.4) is 0 Å². The molecule has 1 atom stereocenters. The van der Waals surface area contributed by atoms with Gasteiger partial charge in [-0.05, 0) is 55.3 Å². The predicted octanol–water partition coefficient (Wildman–Crippen LogP) is 3.70. The highest BCUT2D eigenvalue weighted by atomic mass is 35.5. The lowest BCUT2D eigenvalue weighted by atomic mass is 10.2. The average Bonchev–Trinajstić information content (AvgIpc) is 3.25. The highest BCUT2D eigenvalue weighted by Gasteiger charge is 2.16. The number of carbonyl (C=O) groups excluding carboxylic acids is 2. The fourth-order valence-corrected chi connectivity index (χ4v) is 3.07. The number of nitrogens with one attached hydrogen (secondary N) is 1. The van der Waals surface area contributed by atoms with Crippen molar-refractivity contribution in [1.82, 2.24) is 0 Å². The molecule has 7 nitrogen and oxygen atoms in total. The predicted molar refractivity (Wildman–Crippen MR) is 108 cm³/mol. The topological polar surface area (TPSA) is 83.1 Å². The Morgan fingerprint density at radius 2 is 2.00 bits per heavy atom. The minimum Gasteiger partial charge on any atom is -0.495 e. The number of halogens is 1. The molecule has 29 heavy (non-hydrogen) atoms. The van der Waals surface area contributed by atoms with Crippen molar-refractivity contribution in [1.29, 1.82) is 0 Å². The summed E-state index contributed by atoms with van der Waals surface area (Å²) in [7, 11) is 1.50. The maximum absolute atomic E-state index is 12.1. The van der Waals surface area contributed by atoms with Gasteiger partial charge in [0.15, 0.2) is 6.61 Å². The first-order valence-electron chi connectivity index (χ1n) is 9.20. The van der Waals surface area contributed by atoms with E-state index in [-0.39, 0.29) is 6.10 Å². The molecule has 2 aromatic rings. The highest BCUT2D eigenvalue weighted by Crippen LogP contribution is 2.27. The molecule has 2 aromatic carbocycles. The number of carbonyl (C=O) groups is 2. The molecule has 1 heterocycles. The van der Waals surface area contributed by atoms with E-state index < -0.39 is 18.5 Å². The molecular formula is C21H22ClNO6. The van der Waals surface area contributed by atoms with E-state index in [1.165, 1.54) is 7.11 Å². The zero-order valence-corrected chi connectivity index (χ0v) is 16.7. The first kappa shape index (κ1) is 21.0. The number of amides is 1. The van der Waals surface area contributed by atoms with Crippen molar-refractivity contribution in [2.45, 2.75) is 18.9 Å². The number of benzene rings is 2. The Hall–Kier alpha value is -2.77. The lowest BCUT2D eigenvalue weighted by Crippen LogP contribution is -2.21. The van der Waals surface area contributed by atoms with Gasteiger partial charge in [-0.2, -0.15) is 0 Å². The Kier molecular flexibility index (Phi) is 7.32. The van der Waals surface area contributed by atoms with Crippen LogP contribution >= 0.6 is 11.6 Å². The van der Waals surface area contributed by atoms with Crippen LogP contribution in [0.4, 0.5) is 5.69 Å². The molecule has 0 aliphatic carbocycles. The summed E-state index contributed by atoms with van der Waals surface area (Å²) in [6.07, 6.45) is 2.17. The molecule has 1 saturated heterocycles. The van der Waals surface area contributed by atoms with Crippen molar-refractivity contribution in [3.8, 4) is 11.5 Å². The van der Waals surface area contributed by atoms with Gasteiger partial charge in [0.05, 0.1) is 23.8 Å². The van der Waals surface area contributed by atoms with Gasteiger partial charge in [0.1, 0.15) is 18.1 Å². The second-order valence-electron chi connectivity index (χ2n) is 6.44. The average molecular weight is 420 g/mol. The number of hydrogen-bond donors (Lipinski definition) is 1. The van der Waals surface area contributed by atoms with E-state index >= 15 is 0 Å². The van der Waals surface area contributed by atoms with Gasteiger partial charge in [0.2, 0.25) is 0 Å². The summed E-state index contributed by atoms with van der Waals surface area (Å²) in [4.78, 5) is 24.1. The van der Waals surface area contributed by atoms with Gasteiger partial charge < -0.3 is 24.3 Å². The van der Waals surface area contributed by atoms with Crippen LogP contribution in [-0.4, -0.2) is 44.9 Å². The smallest absolute Gasteiger partial charge is 0.338 e. The highest BCUT2D eigenvalue weighted by molar-refractivity contribution is 6.32. The molecular weight excluding hydrogens is 398 g/mol. The van der Waals surface area contributed by atoms with Crippen LogP contribution < -0.4 is 14.8 Å². The summed E-state index contributed by atoms with van der Waals surface area (Å²) >= 11 is 6.01. The molecule has 0 unspecified atom stereocenters. The van der Waals surface area contributed by atoms with E-state index in [9.17, 15) is 9.59 Å². The van der Waals surface area contributed by atoms with Gasteiger partial charge in [-0.3, -0.25) is 4.79 Å². The zero-order chi connectivity index (χ0) is 20.6. The second kappa shape index (κ2) is 10.1. The molecule has 3 rings (SSSR count). The van der Waals surface area contributed by atoms with Gasteiger partial charge >= 0.3 is 5.97 Å². The third-order valence-electron chi connectivity index (χ3n) is 4.32. The summed E-state index contributed by atoms with van der Waals surface area (Å²) in [5.74, 6) is 0.0696. The number of hydrogen-bond acceptors (Lipinski definition) is 6. The summed E-state index contributed by atoms with van der Waals surface area (Å²) < 4.78 is 21.3. The maximum atomic E-state index is 12.1. The van der Waals surface area contributed by atoms with Crippen LogP contribution in [0, 0.1) is 0 Å². The number of rotatable bonds is 8. The van der Waals surface area contributed by atoms with Crippen LogP contribution in [0.5, 0.6) is 11.5 Å². The Bertz CT molecular complexity index is 849. The molecule has 0 bridgehead atoms. The summed E-state index contributed by atoms with van der Waals surface area (Å²) in [5.41, 5.74) is 0.805. The summed E-state index contributed by atoms with van der Waals surface area (Å²) in [6, 6.07) is 11.4. The van der Waals surface area contributed by atoms with E-state index in [1.54, 1.807) is 42.5 Å².